The van der Waals surface area contributed by atoms with E-state index < -0.39 is 0 Å². The minimum absolute atomic E-state index is 0.0250. The Balaban J connectivity index is 1.48. The lowest BCUT2D eigenvalue weighted by Gasteiger charge is -2.24. The van der Waals surface area contributed by atoms with Crippen LogP contribution in [0.2, 0.25) is 10.0 Å². The smallest absolute Gasteiger partial charge is 0.251 e. The fourth-order valence-corrected chi connectivity index (χ4v) is 4.21. The molecule has 0 radical (unpaired) electrons. The van der Waals surface area contributed by atoms with Gasteiger partial charge in [-0.15, -0.1) is 0 Å². The van der Waals surface area contributed by atoms with Gasteiger partial charge in [0.2, 0.25) is 5.91 Å². The van der Waals surface area contributed by atoms with Crippen LogP contribution in [0.25, 0.3) is 6.08 Å². The second-order valence-electron chi connectivity index (χ2n) is 8.59. The summed E-state index contributed by atoms with van der Waals surface area (Å²) in [6.45, 7) is 1.34. The summed E-state index contributed by atoms with van der Waals surface area (Å²) in [7, 11) is 0. The van der Waals surface area contributed by atoms with E-state index in [4.69, 9.17) is 33.7 Å². The van der Waals surface area contributed by atoms with Gasteiger partial charge in [0, 0.05) is 30.9 Å². The molecule has 3 aromatic rings. The Morgan fingerprint density at radius 1 is 1.03 bits per heavy atom. The molecule has 0 spiro atoms. The highest BCUT2D eigenvalue weighted by Gasteiger charge is 2.26. The number of benzene rings is 3. The fourth-order valence-electron chi connectivity index (χ4n) is 3.89. The molecular formula is C28H27Cl2N3O3. The van der Waals surface area contributed by atoms with Crippen LogP contribution < -0.4 is 15.4 Å². The highest BCUT2D eigenvalue weighted by atomic mass is 35.5. The van der Waals surface area contributed by atoms with E-state index in [2.05, 4.69) is 0 Å². The average Bonchev–Trinajstić information content (AvgIpc) is 3.34. The zero-order valence-corrected chi connectivity index (χ0v) is 21.2. The second-order valence-corrected chi connectivity index (χ2v) is 9.40. The SMILES string of the molecule is N[C@H]1CCN(C(=O)CN(C(=O)C=Cc2ccccc2)c2ccc(OCc3ccc(Cl)c(Cl)c3)cc2)C1. The van der Waals surface area contributed by atoms with Gasteiger partial charge < -0.3 is 15.4 Å². The third kappa shape index (κ3) is 6.88. The van der Waals surface area contributed by atoms with Gasteiger partial charge in [-0.3, -0.25) is 14.5 Å². The number of amides is 2. The van der Waals surface area contributed by atoms with Crippen molar-refractivity contribution in [1.82, 2.24) is 4.90 Å². The summed E-state index contributed by atoms with van der Waals surface area (Å²) in [4.78, 5) is 29.3. The molecule has 6 nitrogen and oxygen atoms in total. The first-order valence-electron chi connectivity index (χ1n) is 11.6. The van der Waals surface area contributed by atoms with Crippen LogP contribution in [-0.4, -0.2) is 42.4 Å². The number of halogens is 2. The van der Waals surface area contributed by atoms with Crippen molar-refractivity contribution in [2.75, 3.05) is 24.5 Å². The molecule has 1 atom stereocenters. The zero-order chi connectivity index (χ0) is 25.5. The van der Waals surface area contributed by atoms with Crippen LogP contribution in [0.4, 0.5) is 5.69 Å². The summed E-state index contributed by atoms with van der Waals surface area (Å²) >= 11 is 12.0. The van der Waals surface area contributed by atoms with Crippen LogP contribution in [0.3, 0.4) is 0 Å². The average molecular weight is 524 g/mol. The number of nitrogens with zero attached hydrogens (tertiary/aromatic N) is 2. The minimum atomic E-state index is -0.292. The van der Waals surface area contributed by atoms with Crippen molar-refractivity contribution in [3.63, 3.8) is 0 Å². The maximum absolute atomic E-state index is 13.2. The summed E-state index contributed by atoms with van der Waals surface area (Å²) in [6.07, 6.45) is 3.98. The maximum Gasteiger partial charge on any atom is 0.251 e. The van der Waals surface area contributed by atoms with E-state index in [0.29, 0.717) is 41.2 Å². The van der Waals surface area contributed by atoms with Crippen LogP contribution in [-0.2, 0) is 16.2 Å². The Kier molecular flexibility index (Phi) is 8.65. The third-order valence-corrected chi connectivity index (χ3v) is 6.63. The number of carbonyl (C=O) groups excluding carboxylic acids is 2. The van der Waals surface area contributed by atoms with Gasteiger partial charge in [-0.2, -0.15) is 0 Å². The van der Waals surface area contributed by atoms with Crippen LogP contribution in [0, 0.1) is 0 Å². The van der Waals surface area contributed by atoms with Gasteiger partial charge in [0.15, 0.2) is 0 Å². The van der Waals surface area contributed by atoms with Crippen molar-refractivity contribution in [2.45, 2.75) is 19.1 Å². The van der Waals surface area contributed by atoms with E-state index in [-0.39, 0.29) is 24.4 Å². The van der Waals surface area contributed by atoms with Crippen molar-refractivity contribution in [3.8, 4) is 5.75 Å². The molecule has 1 fully saturated rings. The molecule has 3 aromatic carbocycles. The topological polar surface area (TPSA) is 75.9 Å². The standard InChI is InChI=1S/C28H27Cl2N3O3/c29-25-12-6-21(16-26(25)30)19-36-24-10-8-23(9-11-24)33(18-28(35)32-15-14-22(31)17-32)27(34)13-7-20-4-2-1-3-5-20/h1-13,16,22H,14-15,17-19,31H2/t22-/m0/s1. The van der Waals surface area contributed by atoms with Gasteiger partial charge in [0.05, 0.1) is 10.0 Å². The fraction of sp³-hybridized carbons (Fsp3) is 0.214. The molecule has 0 unspecified atom stereocenters. The normalized spacial score (nSPS) is 15.3. The molecule has 186 valence electrons. The summed E-state index contributed by atoms with van der Waals surface area (Å²) in [5, 5.41) is 0.954. The van der Waals surface area contributed by atoms with Gasteiger partial charge in [-0.05, 0) is 60.0 Å². The number of hydrogen-bond donors (Lipinski definition) is 1. The highest BCUT2D eigenvalue weighted by Crippen LogP contribution is 2.25. The number of hydrogen-bond acceptors (Lipinski definition) is 4. The molecule has 1 aliphatic heterocycles. The van der Waals surface area contributed by atoms with Gasteiger partial charge in [-0.25, -0.2) is 0 Å². The molecule has 1 heterocycles. The molecule has 8 heteroatoms. The lowest BCUT2D eigenvalue weighted by molar-refractivity contribution is -0.130. The Hall–Kier alpha value is -3.32. The number of nitrogens with two attached hydrogens (primary N) is 1. The van der Waals surface area contributed by atoms with Gasteiger partial charge in [0.25, 0.3) is 5.91 Å². The molecule has 1 saturated heterocycles. The molecule has 1 aliphatic rings. The number of likely N-dealkylation sites (tertiary alicyclic amines) is 1. The molecular weight excluding hydrogens is 497 g/mol. The van der Waals surface area contributed by atoms with Crippen molar-refractivity contribution in [3.05, 3.63) is 100 Å². The minimum Gasteiger partial charge on any atom is -0.489 e. The summed E-state index contributed by atoms with van der Waals surface area (Å²) in [5.74, 6) is 0.193. The third-order valence-electron chi connectivity index (χ3n) is 5.89. The van der Waals surface area contributed by atoms with Gasteiger partial charge in [-0.1, -0.05) is 59.6 Å². The second kappa shape index (κ2) is 12.1. The lowest BCUT2D eigenvalue weighted by atomic mass is 10.2. The van der Waals surface area contributed by atoms with Crippen molar-refractivity contribution in [2.24, 2.45) is 5.73 Å². The van der Waals surface area contributed by atoms with Crippen LogP contribution in [0.15, 0.2) is 78.9 Å². The van der Waals surface area contributed by atoms with E-state index in [1.54, 1.807) is 47.4 Å². The molecule has 0 aliphatic carbocycles. The Labute approximate surface area is 220 Å². The summed E-state index contributed by atoms with van der Waals surface area (Å²) < 4.78 is 5.85. The first-order valence-corrected chi connectivity index (χ1v) is 12.4. The molecule has 0 saturated carbocycles. The van der Waals surface area contributed by atoms with E-state index in [0.717, 1.165) is 17.5 Å². The van der Waals surface area contributed by atoms with Crippen molar-refractivity contribution >= 4 is 46.8 Å². The summed E-state index contributed by atoms with van der Waals surface area (Å²) in [5.41, 5.74) is 8.34. The van der Waals surface area contributed by atoms with E-state index in [1.807, 2.05) is 36.4 Å². The molecule has 36 heavy (non-hydrogen) atoms. The molecule has 0 aromatic heterocycles. The Bertz CT molecular complexity index is 1230. The quantitative estimate of drug-likeness (QED) is 0.412. The molecule has 4 rings (SSSR count). The van der Waals surface area contributed by atoms with Crippen LogP contribution in [0.5, 0.6) is 5.75 Å². The van der Waals surface area contributed by atoms with Crippen LogP contribution in [0.1, 0.15) is 17.5 Å². The predicted molar refractivity (Wildman–Crippen MR) is 144 cm³/mol. The van der Waals surface area contributed by atoms with Crippen LogP contribution >= 0.6 is 23.2 Å². The first-order chi connectivity index (χ1) is 17.4. The maximum atomic E-state index is 13.2. The monoisotopic (exact) mass is 523 g/mol. The highest BCUT2D eigenvalue weighted by molar-refractivity contribution is 6.42. The molecule has 0 bridgehead atoms. The zero-order valence-electron chi connectivity index (χ0n) is 19.6. The largest absolute Gasteiger partial charge is 0.489 e. The first kappa shape index (κ1) is 25.8. The molecule has 2 N–H and O–H groups in total. The Morgan fingerprint density at radius 2 is 1.78 bits per heavy atom. The molecule has 2 amide bonds. The summed E-state index contributed by atoms with van der Waals surface area (Å²) in [6, 6.07) is 21.9. The van der Waals surface area contributed by atoms with E-state index in [1.165, 1.54) is 11.0 Å². The lowest BCUT2D eigenvalue weighted by Crippen LogP contribution is -2.42. The number of anilines is 1. The number of rotatable bonds is 8. The van der Waals surface area contributed by atoms with E-state index >= 15 is 0 Å². The Morgan fingerprint density at radius 3 is 2.44 bits per heavy atom. The number of ether oxygens (including phenoxy) is 1. The van der Waals surface area contributed by atoms with Crippen molar-refractivity contribution < 1.29 is 14.3 Å². The number of carbonyl (C=O) groups is 2. The van der Waals surface area contributed by atoms with Gasteiger partial charge in [0.1, 0.15) is 18.9 Å². The van der Waals surface area contributed by atoms with E-state index in [9.17, 15) is 9.59 Å². The predicted octanol–water partition coefficient (Wildman–Crippen LogP) is 5.18. The van der Waals surface area contributed by atoms with Crippen molar-refractivity contribution in [1.29, 1.82) is 0 Å². The van der Waals surface area contributed by atoms with Gasteiger partial charge >= 0.3 is 0 Å².